The summed E-state index contributed by atoms with van der Waals surface area (Å²) in [6.07, 6.45) is 0. The third-order valence-corrected chi connectivity index (χ3v) is 3.46. The molecule has 14 heavy (non-hydrogen) atoms. The first kappa shape index (κ1) is 11.7. The molecule has 0 fully saturated rings. The number of thiophene rings is 1. The fourth-order valence-corrected chi connectivity index (χ4v) is 3.26. The van der Waals surface area contributed by atoms with Crippen LogP contribution >= 0.6 is 11.3 Å². The minimum Gasteiger partial charge on any atom is -0.300 e. The van der Waals surface area contributed by atoms with Crippen molar-refractivity contribution in [1.82, 2.24) is 4.90 Å². The fraction of sp³-hybridized carbons (Fsp3) is 0.667. The Morgan fingerprint density at radius 3 is 2.64 bits per heavy atom. The molecule has 0 saturated carbocycles. The smallest absolute Gasteiger partial charge is 0.0328 e. The highest BCUT2D eigenvalue weighted by Gasteiger charge is 2.30. The number of nitrogens with zero attached hydrogens (tertiary/aromatic N) is 1. The predicted molar refractivity (Wildman–Crippen MR) is 65.0 cm³/mol. The molecular weight excluding hydrogens is 190 g/mol. The van der Waals surface area contributed by atoms with Gasteiger partial charge in [-0.05, 0) is 24.1 Å². The average molecular weight is 211 g/mol. The van der Waals surface area contributed by atoms with Crippen molar-refractivity contribution in [2.75, 3.05) is 13.6 Å². The highest BCUT2D eigenvalue weighted by molar-refractivity contribution is 7.10. The first-order valence-electron chi connectivity index (χ1n) is 5.35. The predicted octanol–water partition coefficient (Wildman–Crippen LogP) is 3.50. The Labute approximate surface area is 91.8 Å². The van der Waals surface area contributed by atoms with Crippen molar-refractivity contribution in [2.24, 2.45) is 0 Å². The van der Waals surface area contributed by atoms with Crippen molar-refractivity contribution in [3.63, 3.8) is 0 Å². The van der Waals surface area contributed by atoms with Gasteiger partial charge in [0.2, 0.25) is 0 Å². The molecule has 0 aliphatic carbocycles. The van der Waals surface area contributed by atoms with E-state index in [9.17, 15) is 0 Å². The van der Waals surface area contributed by atoms with Crippen LogP contribution in [0, 0.1) is 0 Å². The third-order valence-electron chi connectivity index (χ3n) is 2.55. The van der Waals surface area contributed by atoms with Crippen LogP contribution in [0.1, 0.15) is 38.1 Å². The van der Waals surface area contributed by atoms with Crippen molar-refractivity contribution in [2.45, 2.75) is 39.7 Å². The van der Waals surface area contributed by atoms with Crippen LogP contribution in [0.3, 0.4) is 0 Å². The van der Waals surface area contributed by atoms with Gasteiger partial charge in [-0.1, -0.05) is 27.7 Å². The topological polar surface area (TPSA) is 3.24 Å². The Hall–Kier alpha value is -0.340. The second-order valence-corrected chi connectivity index (χ2v) is 5.31. The molecule has 1 aliphatic rings. The van der Waals surface area contributed by atoms with Gasteiger partial charge >= 0.3 is 0 Å². The Morgan fingerprint density at radius 1 is 1.36 bits per heavy atom. The number of hydrogen-bond donors (Lipinski definition) is 0. The summed E-state index contributed by atoms with van der Waals surface area (Å²) in [5.41, 5.74) is 1.91. The molecule has 0 atom stereocenters. The number of hydrogen-bond acceptors (Lipinski definition) is 2. The molecule has 1 aliphatic heterocycles. The van der Waals surface area contributed by atoms with Crippen molar-refractivity contribution >= 4 is 11.3 Å². The van der Waals surface area contributed by atoms with E-state index in [-0.39, 0.29) is 0 Å². The highest BCUT2D eigenvalue weighted by Crippen LogP contribution is 2.35. The van der Waals surface area contributed by atoms with Gasteiger partial charge in [-0.25, -0.2) is 0 Å². The van der Waals surface area contributed by atoms with E-state index in [2.05, 4.69) is 37.2 Å². The molecule has 1 aromatic rings. The lowest BCUT2D eigenvalue weighted by Gasteiger charge is -2.36. The Morgan fingerprint density at radius 2 is 2.00 bits per heavy atom. The summed E-state index contributed by atoms with van der Waals surface area (Å²) in [5.74, 6) is 0. The zero-order valence-electron chi connectivity index (χ0n) is 9.92. The summed E-state index contributed by atoms with van der Waals surface area (Å²) < 4.78 is 0. The zero-order valence-corrected chi connectivity index (χ0v) is 10.7. The first-order chi connectivity index (χ1) is 6.59. The summed E-state index contributed by atoms with van der Waals surface area (Å²) in [6, 6.07) is 2.28. The van der Waals surface area contributed by atoms with Gasteiger partial charge in [0.05, 0.1) is 0 Å². The van der Waals surface area contributed by atoms with Crippen LogP contribution in [0.15, 0.2) is 11.4 Å². The molecule has 0 aromatic carbocycles. The van der Waals surface area contributed by atoms with Crippen molar-refractivity contribution < 1.29 is 0 Å². The normalized spacial score (nSPS) is 19.5. The maximum atomic E-state index is 2.40. The van der Waals surface area contributed by atoms with Crippen LogP contribution in [-0.4, -0.2) is 18.5 Å². The SMILES string of the molecule is CC.CN1Cc2sccc2C(C)(C)C1. The van der Waals surface area contributed by atoms with E-state index < -0.39 is 0 Å². The second-order valence-electron chi connectivity index (χ2n) is 4.31. The van der Waals surface area contributed by atoms with E-state index in [1.807, 2.05) is 25.2 Å². The molecule has 0 bridgehead atoms. The fourth-order valence-electron chi connectivity index (χ4n) is 2.13. The molecule has 0 N–H and O–H groups in total. The van der Waals surface area contributed by atoms with Crippen molar-refractivity contribution in [3.05, 3.63) is 21.9 Å². The minimum absolute atomic E-state index is 0.350. The van der Waals surface area contributed by atoms with Crippen LogP contribution in [0.5, 0.6) is 0 Å². The lowest BCUT2D eigenvalue weighted by atomic mass is 9.82. The molecule has 0 unspecified atom stereocenters. The van der Waals surface area contributed by atoms with Gasteiger partial charge in [-0.2, -0.15) is 0 Å². The molecule has 80 valence electrons. The van der Waals surface area contributed by atoms with Crippen LogP contribution in [0.25, 0.3) is 0 Å². The Balaban J connectivity index is 0.000000461. The van der Waals surface area contributed by atoms with Gasteiger partial charge in [0, 0.05) is 23.4 Å². The van der Waals surface area contributed by atoms with E-state index >= 15 is 0 Å². The van der Waals surface area contributed by atoms with Gasteiger partial charge in [-0.15, -0.1) is 11.3 Å². The van der Waals surface area contributed by atoms with E-state index in [4.69, 9.17) is 0 Å². The summed E-state index contributed by atoms with van der Waals surface area (Å²) in [7, 11) is 2.20. The van der Waals surface area contributed by atoms with Gasteiger partial charge in [0.15, 0.2) is 0 Å². The summed E-state index contributed by atoms with van der Waals surface area (Å²) in [4.78, 5) is 3.95. The van der Waals surface area contributed by atoms with Crippen LogP contribution in [0.2, 0.25) is 0 Å². The first-order valence-corrected chi connectivity index (χ1v) is 6.23. The van der Waals surface area contributed by atoms with Gasteiger partial charge in [0.25, 0.3) is 0 Å². The van der Waals surface area contributed by atoms with E-state index in [0.29, 0.717) is 5.41 Å². The summed E-state index contributed by atoms with van der Waals surface area (Å²) >= 11 is 1.89. The molecule has 2 heterocycles. The van der Waals surface area contributed by atoms with Crippen LogP contribution in [0.4, 0.5) is 0 Å². The molecular formula is C12H21NS. The monoisotopic (exact) mass is 211 g/mol. The quantitative estimate of drug-likeness (QED) is 0.635. The molecule has 2 rings (SSSR count). The van der Waals surface area contributed by atoms with Crippen LogP contribution in [-0.2, 0) is 12.0 Å². The Bertz CT molecular complexity index is 288. The van der Waals surface area contributed by atoms with Crippen molar-refractivity contribution in [1.29, 1.82) is 0 Å². The molecule has 0 radical (unpaired) electrons. The second kappa shape index (κ2) is 4.45. The lowest BCUT2D eigenvalue weighted by molar-refractivity contribution is 0.239. The summed E-state index contributed by atoms with van der Waals surface area (Å²) in [5, 5.41) is 2.21. The highest BCUT2D eigenvalue weighted by atomic mass is 32.1. The van der Waals surface area contributed by atoms with E-state index in [1.54, 1.807) is 10.4 Å². The van der Waals surface area contributed by atoms with Crippen LogP contribution < -0.4 is 0 Å². The molecule has 1 nitrogen and oxygen atoms in total. The van der Waals surface area contributed by atoms with E-state index in [1.165, 1.54) is 6.54 Å². The Kier molecular flexibility index (Phi) is 3.73. The van der Waals surface area contributed by atoms with Gasteiger partial charge in [-0.3, -0.25) is 0 Å². The number of likely N-dealkylation sites (N-methyl/N-ethyl adjacent to an activating group) is 1. The van der Waals surface area contributed by atoms with Gasteiger partial charge in [0.1, 0.15) is 0 Å². The molecule has 0 spiro atoms. The molecule has 1 aromatic heterocycles. The van der Waals surface area contributed by atoms with E-state index in [0.717, 1.165) is 6.54 Å². The lowest BCUT2D eigenvalue weighted by Crippen LogP contribution is -2.38. The van der Waals surface area contributed by atoms with Gasteiger partial charge < -0.3 is 4.90 Å². The van der Waals surface area contributed by atoms with Crippen molar-refractivity contribution in [3.8, 4) is 0 Å². The molecule has 2 heteroatoms. The minimum atomic E-state index is 0.350. The molecule has 0 amide bonds. The number of fused-ring (bicyclic) bond motifs is 1. The third kappa shape index (κ3) is 2.18. The largest absolute Gasteiger partial charge is 0.300 e. The number of rotatable bonds is 0. The standard InChI is InChI=1S/C10H15NS.C2H6/c1-10(2)7-11(3)6-9-8(10)4-5-12-9;1-2/h4-5H,6-7H2,1-3H3;1-2H3. The molecule has 0 saturated heterocycles. The average Bonchev–Trinajstić information content (AvgIpc) is 2.54. The zero-order chi connectivity index (χ0) is 10.8. The maximum Gasteiger partial charge on any atom is 0.0328 e. The maximum absolute atomic E-state index is 2.40. The summed E-state index contributed by atoms with van der Waals surface area (Å²) in [6.45, 7) is 11.0.